The lowest BCUT2D eigenvalue weighted by molar-refractivity contribution is 0.123. The standard InChI is InChI=1S/C9H16O3P2/c1-6-8(10)4-7(5-9(6)11)2-3-14-12-13/h2,8-11,14H,1,3-5,13H2/t8-,9-/m1/s1. The van der Waals surface area contributed by atoms with E-state index in [1.165, 1.54) is 0 Å². The van der Waals surface area contributed by atoms with Gasteiger partial charge in [0, 0.05) is 24.4 Å². The predicted octanol–water partition coefficient (Wildman–Crippen LogP) is 1.38. The summed E-state index contributed by atoms with van der Waals surface area (Å²) in [7, 11) is 2.63. The molecule has 0 heterocycles. The number of rotatable bonds is 3. The SMILES string of the molecule is C=C1[C@H](O)CC(=CCPOP)C[C@H]1O. The Labute approximate surface area is 88.4 Å². The van der Waals surface area contributed by atoms with Crippen LogP contribution in [0.15, 0.2) is 23.8 Å². The van der Waals surface area contributed by atoms with E-state index < -0.39 is 12.2 Å². The molecule has 0 aliphatic heterocycles. The van der Waals surface area contributed by atoms with Gasteiger partial charge in [0.05, 0.1) is 12.2 Å². The van der Waals surface area contributed by atoms with Crippen LogP contribution >= 0.6 is 18.3 Å². The Kier molecular flexibility index (Phi) is 5.22. The van der Waals surface area contributed by atoms with Gasteiger partial charge in [0.25, 0.3) is 0 Å². The third-order valence-corrected chi connectivity index (χ3v) is 3.36. The van der Waals surface area contributed by atoms with Crippen LogP contribution in [0.2, 0.25) is 0 Å². The average molecular weight is 234 g/mol. The van der Waals surface area contributed by atoms with Gasteiger partial charge in [-0.1, -0.05) is 18.2 Å². The highest BCUT2D eigenvalue weighted by Gasteiger charge is 2.25. The highest BCUT2D eigenvalue weighted by Crippen LogP contribution is 2.28. The summed E-state index contributed by atoms with van der Waals surface area (Å²) in [5.41, 5.74) is 1.62. The van der Waals surface area contributed by atoms with Gasteiger partial charge in [-0.15, -0.1) is 0 Å². The van der Waals surface area contributed by atoms with Crippen molar-refractivity contribution in [2.45, 2.75) is 25.0 Å². The molecule has 1 aliphatic carbocycles. The van der Waals surface area contributed by atoms with Crippen LogP contribution in [0.5, 0.6) is 0 Å². The minimum Gasteiger partial charge on any atom is -0.388 e. The maximum Gasteiger partial charge on any atom is 0.0809 e. The van der Waals surface area contributed by atoms with Crippen LogP contribution in [-0.4, -0.2) is 28.6 Å². The summed E-state index contributed by atoms with van der Waals surface area (Å²) in [6, 6.07) is 0. The van der Waals surface area contributed by atoms with E-state index in [0.717, 1.165) is 11.7 Å². The Bertz CT molecular complexity index is 224. The first-order valence-corrected chi connectivity index (χ1v) is 6.05. The predicted molar refractivity (Wildman–Crippen MR) is 62.4 cm³/mol. The summed E-state index contributed by atoms with van der Waals surface area (Å²) in [5.74, 6) is 0. The third-order valence-electron chi connectivity index (χ3n) is 2.32. The molecule has 80 valence electrons. The average Bonchev–Trinajstić information content (AvgIpc) is 2.14. The summed E-state index contributed by atoms with van der Waals surface area (Å²) in [4.78, 5) is 0. The number of aliphatic hydroxyl groups is 2. The van der Waals surface area contributed by atoms with E-state index in [1.54, 1.807) is 0 Å². The van der Waals surface area contributed by atoms with Crippen molar-refractivity contribution in [3.8, 4) is 0 Å². The topological polar surface area (TPSA) is 49.7 Å². The minimum atomic E-state index is -0.592. The lowest BCUT2D eigenvalue weighted by Crippen LogP contribution is -2.27. The van der Waals surface area contributed by atoms with E-state index in [2.05, 4.69) is 16.0 Å². The van der Waals surface area contributed by atoms with Crippen molar-refractivity contribution in [1.82, 2.24) is 0 Å². The molecular formula is C9H16O3P2. The van der Waals surface area contributed by atoms with Crippen LogP contribution in [0.4, 0.5) is 0 Å². The zero-order chi connectivity index (χ0) is 10.6. The van der Waals surface area contributed by atoms with Crippen molar-refractivity contribution >= 4 is 18.3 Å². The molecule has 0 spiro atoms. The first kappa shape index (κ1) is 12.3. The zero-order valence-electron chi connectivity index (χ0n) is 7.94. The molecule has 0 bridgehead atoms. The molecule has 1 saturated carbocycles. The van der Waals surface area contributed by atoms with Gasteiger partial charge in [-0.3, -0.25) is 0 Å². The monoisotopic (exact) mass is 234 g/mol. The maximum atomic E-state index is 9.54. The largest absolute Gasteiger partial charge is 0.388 e. The molecule has 2 N–H and O–H groups in total. The van der Waals surface area contributed by atoms with E-state index in [9.17, 15) is 10.2 Å². The first-order chi connectivity index (χ1) is 6.65. The fraction of sp³-hybridized carbons (Fsp3) is 0.556. The lowest BCUT2D eigenvalue weighted by atomic mass is 9.87. The normalized spacial score (nSPS) is 28.8. The van der Waals surface area contributed by atoms with Crippen molar-refractivity contribution in [2.24, 2.45) is 0 Å². The highest BCUT2D eigenvalue weighted by molar-refractivity contribution is 7.39. The van der Waals surface area contributed by atoms with E-state index in [-0.39, 0.29) is 0 Å². The smallest absolute Gasteiger partial charge is 0.0809 e. The van der Waals surface area contributed by atoms with Crippen molar-refractivity contribution < 1.29 is 14.5 Å². The molecule has 1 aliphatic rings. The molecule has 1 fully saturated rings. The second kappa shape index (κ2) is 5.95. The van der Waals surface area contributed by atoms with Crippen LogP contribution in [0.25, 0.3) is 0 Å². The zero-order valence-corrected chi connectivity index (χ0v) is 10.1. The van der Waals surface area contributed by atoms with Gasteiger partial charge in [-0.2, -0.15) is 0 Å². The fourth-order valence-electron chi connectivity index (χ4n) is 1.47. The van der Waals surface area contributed by atoms with Crippen molar-refractivity contribution in [1.29, 1.82) is 0 Å². The van der Waals surface area contributed by atoms with E-state index >= 15 is 0 Å². The Morgan fingerprint density at radius 2 is 2.07 bits per heavy atom. The quantitative estimate of drug-likeness (QED) is 0.440. The van der Waals surface area contributed by atoms with Gasteiger partial charge in [-0.25, -0.2) is 0 Å². The van der Waals surface area contributed by atoms with E-state index in [1.807, 2.05) is 6.08 Å². The number of allylic oxidation sites excluding steroid dienone is 1. The molecule has 0 amide bonds. The molecule has 5 heteroatoms. The molecule has 0 aromatic carbocycles. The molecule has 0 aromatic heterocycles. The van der Waals surface area contributed by atoms with Gasteiger partial charge >= 0.3 is 0 Å². The molecule has 0 radical (unpaired) electrons. The second-order valence-corrected chi connectivity index (χ2v) is 4.98. The number of hydrogen-bond donors (Lipinski definition) is 2. The molecule has 2 unspecified atom stereocenters. The molecule has 4 atom stereocenters. The van der Waals surface area contributed by atoms with Gasteiger partial charge in [0.2, 0.25) is 0 Å². The maximum absolute atomic E-state index is 9.54. The number of hydrogen-bond acceptors (Lipinski definition) is 3. The summed E-state index contributed by atoms with van der Waals surface area (Å²) in [6.07, 6.45) is 2.87. The molecule has 0 aromatic rings. The van der Waals surface area contributed by atoms with Crippen molar-refractivity contribution in [2.75, 3.05) is 6.16 Å². The molecular weight excluding hydrogens is 218 g/mol. The number of aliphatic hydroxyl groups excluding tert-OH is 2. The summed E-state index contributed by atoms with van der Waals surface area (Å²) < 4.78 is 4.86. The Hall–Kier alpha value is 0.220. The van der Waals surface area contributed by atoms with Crippen LogP contribution in [0.1, 0.15) is 12.8 Å². The van der Waals surface area contributed by atoms with Gasteiger partial charge in [0.1, 0.15) is 0 Å². The van der Waals surface area contributed by atoms with Crippen molar-refractivity contribution in [3.63, 3.8) is 0 Å². The minimum absolute atomic E-state index is 0.418. The fourth-order valence-corrected chi connectivity index (χ4v) is 2.22. The molecule has 3 nitrogen and oxygen atoms in total. The summed E-state index contributed by atoms with van der Waals surface area (Å²) in [6.45, 7) is 3.65. The molecule has 14 heavy (non-hydrogen) atoms. The summed E-state index contributed by atoms with van der Waals surface area (Å²) in [5, 5.41) is 19.1. The lowest BCUT2D eigenvalue weighted by Gasteiger charge is -2.27. The van der Waals surface area contributed by atoms with Gasteiger partial charge in [0.15, 0.2) is 0 Å². The van der Waals surface area contributed by atoms with E-state index in [0.29, 0.717) is 27.2 Å². The first-order valence-electron chi connectivity index (χ1n) is 4.46. The third kappa shape index (κ3) is 3.42. The van der Waals surface area contributed by atoms with Gasteiger partial charge in [-0.05, 0) is 18.4 Å². The molecule has 0 saturated heterocycles. The van der Waals surface area contributed by atoms with Crippen LogP contribution in [-0.2, 0) is 4.31 Å². The molecule has 1 rings (SSSR count). The van der Waals surface area contributed by atoms with Crippen LogP contribution in [0, 0.1) is 0 Å². The highest BCUT2D eigenvalue weighted by atomic mass is 31.1. The van der Waals surface area contributed by atoms with E-state index in [4.69, 9.17) is 4.31 Å². The second-order valence-electron chi connectivity index (χ2n) is 3.34. The Morgan fingerprint density at radius 3 is 2.57 bits per heavy atom. The Balaban J connectivity index is 2.49. The van der Waals surface area contributed by atoms with Gasteiger partial charge < -0.3 is 14.5 Å². The Morgan fingerprint density at radius 1 is 1.50 bits per heavy atom. The van der Waals surface area contributed by atoms with Crippen LogP contribution in [0.3, 0.4) is 0 Å². The summed E-state index contributed by atoms with van der Waals surface area (Å²) >= 11 is 0. The van der Waals surface area contributed by atoms with Crippen LogP contribution < -0.4 is 0 Å². The van der Waals surface area contributed by atoms with Crippen molar-refractivity contribution in [3.05, 3.63) is 23.8 Å².